The van der Waals surface area contributed by atoms with E-state index < -0.39 is 11.6 Å². The maximum Gasteiger partial charge on any atom is 0.152 e. The molecule has 1 aromatic heterocycles. The van der Waals surface area contributed by atoms with Crippen molar-refractivity contribution in [2.75, 3.05) is 6.54 Å². The van der Waals surface area contributed by atoms with Crippen molar-refractivity contribution >= 4 is 0 Å². The van der Waals surface area contributed by atoms with E-state index in [-0.39, 0.29) is 5.69 Å². The van der Waals surface area contributed by atoms with Crippen molar-refractivity contribution in [2.45, 2.75) is 20.4 Å². The number of hydrogen-bond donors (Lipinski definition) is 1. The van der Waals surface area contributed by atoms with Crippen LogP contribution in [0.2, 0.25) is 0 Å². The van der Waals surface area contributed by atoms with E-state index >= 15 is 0 Å². The van der Waals surface area contributed by atoms with Crippen LogP contribution in [0.5, 0.6) is 0 Å². The Balaban J connectivity index is 2.38. The molecular weight excluding hydrogens is 236 g/mol. The van der Waals surface area contributed by atoms with Gasteiger partial charge in [0.15, 0.2) is 11.6 Å². The molecule has 0 atom stereocenters. The van der Waals surface area contributed by atoms with Gasteiger partial charge in [-0.3, -0.25) is 0 Å². The van der Waals surface area contributed by atoms with Crippen LogP contribution in [0.15, 0.2) is 24.5 Å². The van der Waals surface area contributed by atoms with Gasteiger partial charge in [0.1, 0.15) is 5.69 Å². The van der Waals surface area contributed by atoms with E-state index in [1.807, 2.05) is 13.8 Å². The van der Waals surface area contributed by atoms with Crippen LogP contribution in [-0.2, 0) is 6.54 Å². The van der Waals surface area contributed by atoms with Crippen LogP contribution < -0.4 is 5.32 Å². The van der Waals surface area contributed by atoms with Crippen LogP contribution in [0.1, 0.15) is 18.1 Å². The standard InChI is InChI=1S/C13H15F2N3/c1-3-16-7-10-4-11(14)13(12(15)5-10)18-8-9(2)6-17-18/h4-6,8,16H,3,7H2,1-2H3. The molecule has 2 aromatic rings. The molecule has 0 unspecified atom stereocenters. The Bertz CT molecular complexity index is 526. The number of hydrogen-bond acceptors (Lipinski definition) is 2. The average Bonchev–Trinajstić information content (AvgIpc) is 2.72. The van der Waals surface area contributed by atoms with Crippen molar-refractivity contribution in [3.8, 4) is 5.69 Å². The summed E-state index contributed by atoms with van der Waals surface area (Å²) in [4.78, 5) is 0. The van der Waals surface area contributed by atoms with Gasteiger partial charge in [-0.15, -0.1) is 0 Å². The van der Waals surface area contributed by atoms with Crippen molar-refractivity contribution in [1.29, 1.82) is 0 Å². The lowest BCUT2D eigenvalue weighted by molar-refractivity contribution is 0.554. The molecule has 3 nitrogen and oxygen atoms in total. The molecule has 0 bridgehead atoms. The molecule has 18 heavy (non-hydrogen) atoms. The quantitative estimate of drug-likeness (QED) is 0.905. The normalized spacial score (nSPS) is 10.9. The van der Waals surface area contributed by atoms with E-state index in [1.165, 1.54) is 16.8 Å². The van der Waals surface area contributed by atoms with Crippen molar-refractivity contribution in [2.24, 2.45) is 0 Å². The summed E-state index contributed by atoms with van der Waals surface area (Å²) in [6.07, 6.45) is 3.15. The van der Waals surface area contributed by atoms with Gasteiger partial charge in [-0.2, -0.15) is 5.10 Å². The fourth-order valence-corrected chi connectivity index (χ4v) is 1.74. The summed E-state index contributed by atoms with van der Waals surface area (Å²) < 4.78 is 29.0. The highest BCUT2D eigenvalue weighted by atomic mass is 19.1. The van der Waals surface area contributed by atoms with Gasteiger partial charge in [0.25, 0.3) is 0 Å². The first-order chi connectivity index (χ1) is 8.61. The van der Waals surface area contributed by atoms with Gasteiger partial charge in [-0.25, -0.2) is 13.5 Å². The fourth-order valence-electron chi connectivity index (χ4n) is 1.74. The number of halogens is 2. The molecule has 1 aromatic carbocycles. The summed E-state index contributed by atoms with van der Waals surface area (Å²) in [7, 11) is 0. The summed E-state index contributed by atoms with van der Waals surface area (Å²) in [5.74, 6) is -1.21. The zero-order chi connectivity index (χ0) is 13.1. The number of aryl methyl sites for hydroxylation is 1. The second kappa shape index (κ2) is 5.27. The van der Waals surface area contributed by atoms with Crippen molar-refractivity contribution < 1.29 is 8.78 Å². The lowest BCUT2D eigenvalue weighted by Gasteiger charge is -2.08. The third kappa shape index (κ3) is 2.56. The molecule has 0 aliphatic carbocycles. The van der Waals surface area contributed by atoms with Crippen LogP contribution in [0.4, 0.5) is 8.78 Å². The van der Waals surface area contributed by atoms with E-state index in [9.17, 15) is 8.78 Å². The second-order valence-electron chi connectivity index (χ2n) is 4.15. The highest BCUT2D eigenvalue weighted by Crippen LogP contribution is 2.19. The van der Waals surface area contributed by atoms with Crippen LogP contribution in [-0.4, -0.2) is 16.3 Å². The number of rotatable bonds is 4. The lowest BCUT2D eigenvalue weighted by atomic mass is 10.2. The molecule has 5 heteroatoms. The Hall–Kier alpha value is -1.75. The van der Waals surface area contributed by atoms with Crippen LogP contribution in [0.25, 0.3) is 5.69 Å². The highest BCUT2D eigenvalue weighted by Gasteiger charge is 2.13. The predicted octanol–water partition coefficient (Wildman–Crippen LogP) is 2.57. The highest BCUT2D eigenvalue weighted by molar-refractivity contribution is 5.38. The Morgan fingerprint density at radius 2 is 1.94 bits per heavy atom. The molecule has 0 aliphatic heterocycles. The van der Waals surface area contributed by atoms with Crippen molar-refractivity contribution in [3.05, 3.63) is 47.3 Å². The third-order valence-corrected chi connectivity index (χ3v) is 2.60. The zero-order valence-electron chi connectivity index (χ0n) is 10.4. The Kier molecular flexibility index (Phi) is 3.72. The molecule has 96 valence electrons. The monoisotopic (exact) mass is 251 g/mol. The van der Waals surface area contributed by atoms with Crippen molar-refractivity contribution in [3.63, 3.8) is 0 Å². The molecular formula is C13H15F2N3. The molecule has 0 fully saturated rings. The van der Waals surface area contributed by atoms with Gasteiger partial charge < -0.3 is 5.32 Å². The topological polar surface area (TPSA) is 29.9 Å². The summed E-state index contributed by atoms with van der Waals surface area (Å²) in [5.41, 5.74) is 1.30. The maximum absolute atomic E-state index is 13.9. The summed E-state index contributed by atoms with van der Waals surface area (Å²) in [6, 6.07) is 2.66. The van der Waals surface area contributed by atoms with E-state index in [0.717, 1.165) is 12.1 Å². The zero-order valence-corrected chi connectivity index (χ0v) is 10.4. The summed E-state index contributed by atoms with van der Waals surface area (Å²) in [6.45, 7) is 4.96. The van der Waals surface area contributed by atoms with E-state index in [1.54, 1.807) is 12.4 Å². The lowest BCUT2D eigenvalue weighted by Crippen LogP contribution is -2.13. The van der Waals surface area contributed by atoms with Gasteiger partial charge >= 0.3 is 0 Å². The first kappa shape index (κ1) is 12.7. The van der Waals surface area contributed by atoms with E-state index in [0.29, 0.717) is 12.1 Å². The number of aromatic nitrogens is 2. The Morgan fingerprint density at radius 3 is 2.44 bits per heavy atom. The minimum absolute atomic E-state index is 0.136. The Morgan fingerprint density at radius 1 is 1.28 bits per heavy atom. The van der Waals surface area contributed by atoms with Crippen LogP contribution in [0, 0.1) is 18.6 Å². The van der Waals surface area contributed by atoms with Gasteiger partial charge in [-0.05, 0) is 36.7 Å². The minimum atomic E-state index is -0.606. The van der Waals surface area contributed by atoms with E-state index in [2.05, 4.69) is 10.4 Å². The van der Waals surface area contributed by atoms with Gasteiger partial charge in [0, 0.05) is 12.7 Å². The van der Waals surface area contributed by atoms with Crippen LogP contribution in [0.3, 0.4) is 0 Å². The first-order valence-electron chi connectivity index (χ1n) is 5.82. The summed E-state index contributed by atoms with van der Waals surface area (Å²) in [5, 5.41) is 6.95. The average molecular weight is 251 g/mol. The first-order valence-corrected chi connectivity index (χ1v) is 5.82. The minimum Gasteiger partial charge on any atom is -0.313 e. The summed E-state index contributed by atoms with van der Waals surface area (Å²) >= 11 is 0. The molecule has 0 amide bonds. The predicted molar refractivity (Wildman–Crippen MR) is 65.6 cm³/mol. The molecule has 0 saturated heterocycles. The van der Waals surface area contributed by atoms with Gasteiger partial charge in [-0.1, -0.05) is 6.92 Å². The molecule has 1 N–H and O–H groups in total. The van der Waals surface area contributed by atoms with Gasteiger partial charge in [0.2, 0.25) is 0 Å². The van der Waals surface area contributed by atoms with E-state index in [4.69, 9.17) is 0 Å². The largest absolute Gasteiger partial charge is 0.313 e. The van der Waals surface area contributed by atoms with Crippen molar-refractivity contribution in [1.82, 2.24) is 15.1 Å². The molecule has 0 spiro atoms. The third-order valence-electron chi connectivity index (χ3n) is 2.60. The SMILES string of the molecule is CCNCc1cc(F)c(-n2cc(C)cn2)c(F)c1. The molecule has 2 rings (SSSR count). The number of benzene rings is 1. The van der Waals surface area contributed by atoms with Gasteiger partial charge in [0.05, 0.1) is 6.20 Å². The molecule has 0 aliphatic rings. The molecule has 0 radical (unpaired) electrons. The smallest absolute Gasteiger partial charge is 0.152 e. The number of nitrogens with one attached hydrogen (secondary N) is 1. The van der Waals surface area contributed by atoms with Crippen LogP contribution >= 0.6 is 0 Å². The maximum atomic E-state index is 13.9. The molecule has 1 heterocycles. The number of nitrogens with zero attached hydrogens (tertiary/aromatic N) is 2. The second-order valence-corrected chi connectivity index (χ2v) is 4.15. The molecule has 0 saturated carbocycles. The Labute approximate surface area is 104 Å². The fraction of sp³-hybridized carbons (Fsp3) is 0.308.